The third kappa shape index (κ3) is 3.16. The van der Waals surface area contributed by atoms with Gasteiger partial charge in [-0.3, -0.25) is 0 Å². The second-order valence-electron chi connectivity index (χ2n) is 6.59. The van der Waals surface area contributed by atoms with Crippen LogP contribution in [0, 0.1) is 11.6 Å². The zero-order chi connectivity index (χ0) is 15.7. The maximum atomic E-state index is 13.8. The van der Waals surface area contributed by atoms with E-state index in [0.29, 0.717) is 12.1 Å². The molecule has 0 saturated carbocycles. The van der Waals surface area contributed by atoms with E-state index in [2.05, 4.69) is 10.2 Å². The summed E-state index contributed by atoms with van der Waals surface area (Å²) in [7, 11) is 0. The van der Waals surface area contributed by atoms with E-state index in [1.165, 1.54) is 37.6 Å². The van der Waals surface area contributed by atoms with Gasteiger partial charge in [0.05, 0.1) is 11.7 Å². The van der Waals surface area contributed by atoms with E-state index in [-0.39, 0.29) is 11.6 Å². The molecule has 0 spiro atoms. The highest BCUT2D eigenvalue weighted by Gasteiger charge is 2.33. The fourth-order valence-corrected chi connectivity index (χ4v) is 3.88. The van der Waals surface area contributed by atoms with Crippen LogP contribution < -0.4 is 5.32 Å². The van der Waals surface area contributed by atoms with Crippen LogP contribution in [-0.4, -0.2) is 41.2 Å². The standard InChI is InChI=1S/C17H24F2N2O/c1-11(17(22)16-14(18)5-2-6-15(16)19)20-12-7-9-21-8-3-4-13(21)10-12/h2,5-6,11-13,17,20,22H,3-4,7-10H2,1H3/t11-,12+,13+,17-/m0/s1. The molecule has 2 heterocycles. The quantitative estimate of drug-likeness (QED) is 0.897. The van der Waals surface area contributed by atoms with Crippen LogP contribution >= 0.6 is 0 Å². The second-order valence-corrected chi connectivity index (χ2v) is 6.59. The normalized spacial score (nSPS) is 28.4. The molecule has 122 valence electrons. The number of rotatable bonds is 4. The van der Waals surface area contributed by atoms with E-state index in [1.807, 2.05) is 0 Å². The van der Waals surface area contributed by atoms with Gasteiger partial charge in [0.2, 0.25) is 0 Å². The molecule has 5 heteroatoms. The van der Waals surface area contributed by atoms with Crippen molar-refractivity contribution in [3.63, 3.8) is 0 Å². The molecule has 2 aliphatic rings. The SMILES string of the molecule is C[C@H](N[C@@H]1CCN2CCC[C@@H]2C1)[C@H](O)c1c(F)cccc1F. The maximum Gasteiger partial charge on any atom is 0.132 e. The molecule has 2 fully saturated rings. The maximum absolute atomic E-state index is 13.8. The highest BCUT2D eigenvalue weighted by Crippen LogP contribution is 2.29. The molecule has 3 rings (SSSR count). The Morgan fingerprint density at radius 1 is 1.23 bits per heavy atom. The van der Waals surface area contributed by atoms with Gasteiger partial charge in [-0.05, 0) is 57.8 Å². The molecule has 1 aromatic rings. The first-order valence-corrected chi connectivity index (χ1v) is 8.18. The number of nitrogens with zero attached hydrogens (tertiary/aromatic N) is 1. The third-order valence-electron chi connectivity index (χ3n) is 5.09. The lowest BCUT2D eigenvalue weighted by Crippen LogP contribution is -2.49. The number of aliphatic hydroxyl groups excluding tert-OH is 1. The Morgan fingerprint density at radius 2 is 1.95 bits per heavy atom. The Morgan fingerprint density at radius 3 is 2.68 bits per heavy atom. The van der Waals surface area contributed by atoms with Crippen LogP contribution in [0.4, 0.5) is 8.78 Å². The molecule has 2 aliphatic heterocycles. The first-order chi connectivity index (χ1) is 10.6. The summed E-state index contributed by atoms with van der Waals surface area (Å²) in [5.41, 5.74) is -0.235. The van der Waals surface area contributed by atoms with Crippen LogP contribution in [-0.2, 0) is 0 Å². The number of hydrogen-bond donors (Lipinski definition) is 2. The van der Waals surface area contributed by atoms with Crippen molar-refractivity contribution in [3.8, 4) is 0 Å². The number of piperidine rings is 1. The Labute approximate surface area is 130 Å². The number of fused-ring (bicyclic) bond motifs is 1. The van der Waals surface area contributed by atoms with E-state index in [4.69, 9.17) is 0 Å². The summed E-state index contributed by atoms with van der Waals surface area (Å²) < 4.78 is 27.6. The Hall–Kier alpha value is -1.04. The van der Waals surface area contributed by atoms with Crippen LogP contribution in [0.25, 0.3) is 0 Å². The van der Waals surface area contributed by atoms with Crippen molar-refractivity contribution in [3.05, 3.63) is 35.4 Å². The molecule has 2 N–H and O–H groups in total. The molecule has 0 aromatic heterocycles. The van der Waals surface area contributed by atoms with Gasteiger partial charge in [-0.1, -0.05) is 6.07 Å². The lowest BCUT2D eigenvalue weighted by atomic mass is 9.95. The first kappa shape index (κ1) is 15.8. The van der Waals surface area contributed by atoms with Gasteiger partial charge >= 0.3 is 0 Å². The highest BCUT2D eigenvalue weighted by atomic mass is 19.1. The topological polar surface area (TPSA) is 35.5 Å². The molecule has 0 radical (unpaired) electrons. The Bertz CT molecular complexity index is 505. The van der Waals surface area contributed by atoms with Crippen LogP contribution in [0.5, 0.6) is 0 Å². The van der Waals surface area contributed by atoms with Crippen molar-refractivity contribution < 1.29 is 13.9 Å². The van der Waals surface area contributed by atoms with Gasteiger partial charge in [0.15, 0.2) is 0 Å². The van der Waals surface area contributed by atoms with Crippen LogP contribution in [0.3, 0.4) is 0 Å². The summed E-state index contributed by atoms with van der Waals surface area (Å²) in [5, 5.41) is 13.7. The smallest absolute Gasteiger partial charge is 0.132 e. The molecule has 0 aliphatic carbocycles. The lowest BCUT2D eigenvalue weighted by Gasteiger charge is -2.37. The van der Waals surface area contributed by atoms with Crippen molar-refractivity contribution in [2.75, 3.05) is 13.1 Å². The summed E-state index contributed by atoms with van der Waals surface area (Å²) in [6.45, 7) is 4.05. The van der Waals surface area contributed by atoms with Gasteiger partial charge in [0.1, 0.15) is 11.6 Å². The molecular weight excluding hydrogens is 286 g/mol. The predicted molar refractivity (Wildman–Crippen MR) is 81.5 cm³/mol. The number of aliphatic hydroxyl groups is 1. The highest BCUT2D eigenvalue weighted by molar-refractivity contribution is 5.23. The second kappa shape index (κ2) is 6.60. The number of benzene rings is 1. The zero-order valence-electron chi connectivity index (χ0n) is 12.9. The van der Waals surface area contributed by atoms with Gasteiger partial charge < -0.3 is 15.3 Å². The van der Waals surface area contributed by atoms with Gasteiger partial charge in [-0.25, -0.2) is 8.78 Å². The summed E-state index contributed by atoms with van der Waals surface area (Å²) in [6.07, 6.45) is 3.39. The summed E-state index contributed by atoms with van der Waals surface area (Å²) in [5.74, 6) is -1.38. The monoisotopic (exact) mass is 310 g/mol. The summed E-state index contributed by atoms with van der Waals surface area (Å²) >= 11 is 0. The van der Waals surface area contributed by atoms with Gasteiger partial charge in [0, 0.05) is 18.1 Å². The van der Waals surface area contributed by atoms with Gasteiger partial charge in [-0.2, -0.15) is 0 Å². The van der Waals surface area contributed by atoms with Crippen molar-refractivity contribution >= 4 is 0 Å². The number of nitrogens with one attached hydrogen (secondary N) is 1. The van der Waals surface area contributed by atoms with Crippen molar-refractivity contribution in [2.45, 2.75) is 56.8 Å². The molecule has 0 amide bonds. The Kier molecular flexibility index (Phi) is 4.76. The number of hydrogen-bond acceptors (Lipinski definition) is 3. The average Bonchev–Trinajstić information content (AvgIpc) is 2.94. The van der Waals surface area contributed by atoms with Gasteiger partial charge in [-0.15, -0.1) is 0 Å². The fraction of sp³-hybridized carbons (Fsp3) is 0.647. The largest absolute Gasteiger partial charge is 0.387 e. The molecule has 3 nitrogen and oxygen atoms in total. The third-order valence-corrected chi connectivity index (χ3v) is 5.09. The van der Waals surface area contributed by atoms with Gasteiger partial charge in [0.25, 0.3) is 0 Å². The van der Waals surface area contributed by atoms with Crippen LogP contribution in [0.2, 0.25) is 0 Å². The van der Waals surface area contributed by atoms with Crippen LogP contribution in [0.1, 0.15) is 44.3 Å². The van der Waals surface area contributed by atoms with Crippen LogP contribution in [0.15, 0.2) is 18.2 Å². The van der Waals surface area contributed by atoms with Crippen molar-refractivity contribution in [1.29, 1.82) is 0 Å². The Balaban J connectivity index is 1.63. The molecular formula is C17H24F2N2O. The molecule has 0 bridgehead atoms. The molecule has 2 saturated heterocycles. The average molecular weight is 310 g/mol. The number of halogens is 2. The fourth-order valence-electron chi connectivity index (χ4n) is 3.88. The van der Waals surface area contributed by atoms with E-state index in [1.54, 1.807) is 6.92 Å². The predicted octanol–water partition coefficient (Wildman–Crippen LogP) is 2.60. The first-order valence-electron chi connectivity index (χ1n) is 8.18. The molecule has 22 heavy (non-hydrogen) atoms. The molecule has 4 atom stereocenters. The zero-order valence-corrected chi connectivity index (χ0v) is 12.9. The lowest BCUT2D eigenvalue weighted by molar-refractivity contribution is 0.102. The van der Waals surface area contributed by atoms with E-state index in [9.17, 15) is 13.9 Å². The van der Waals surface area contributed by atoms with E-state index < -0.39 is 17.7 Å². The van der Waals surface area contributed by atoms with E-state index in [0.717, 1.165) is 19.4 Å². The van der Waals surface area contributed by atoms with Crippen molar-refractivity contribution in [2.24, 2.45) is 0 Å². The summed E-state index contributed by atoms with van der Waals surface area (Å²) in [4.78, 5) is 2.52. The molecule has 1 aromatic carbocycles. The minimum Gasteiger partial charge on any atom is -0.387 e. The minimum absolute atomic E-state index is 0.235. The minimum atomic E-state index is -1.18. The van der Waals surface area contributed by atoms with Crippen molar-refractivity contribution in [1.82, 2.24) is 10.2 Å². The van der Waals surface area contributed by atoms with E-state index >= 15 is 0 Å². The summed E-state index contributed by atoms with van der Waals surface area (Å²) in [6, 6.07) is 4.23. The molecule has 0 unspecified atom stereocenters.